The van der Waals surface area contributed by atoms with E-state index in [2.05, 4.69) is 10.1 Å². The van der Waals surface area contributed by atoms with Gasteiger partial charge in [-0.2, -0.15) is 18.3 Å². The fraction of sp³-hybridized carbons (Fsp3) is 0.105. The van der Waals surface area contributed by atoms with Gasteiger partial charge in [-0.3, -0.25) is 0 Å². The van der Waals surface area contributed by atoms with E-state index >= 15 is 0 Å². The minimum Gasteiger partial charge on any atom is -0.372 e. The molecule has 2 aromatic heterocycles. The molecular weight excluding hydrogens is 398 g/mol. The molecule has 9 heteroatoms. The number of aromatic amines is 1. The van der Waals surface area contributed by atoms with Crippen molar-refractivity contribution < 1.29 is 22.7 Å². The SMILES string of the molecule is OC(c1cc[nH]c1)(c1cc(Cl)c2c(cnn2-c2ccc(F)cc2)c1)C(F)(F)F. The third-order valence-electron chi connectivity index (χ3n) is 4.53. The smallest absolute Gasteiger partial charge is 0.372 e. The van der Waals surface area contributed by atoms with Gasteiger partial charge >= 0.3 is 6.18 Å². The van der Waals surface area contributed by atoms with E-state index in [9.17, 15) is 22.7 Å². The van der Waals surface area contributed by atoms with Crippen LogP contribution >= 0.6 is 11.6 Å². The predicted molar refractivity (Wildman–Crippen MR) is 95.9 cm³/mol. The normalized spacial score (nSPS) is 14.4. The minimum absolute atomic E-state index is 0.0347. The largest absolute Gasteiger partial charge is 0.425 e. The number of H-pyrrole nitrogens is 1. The van der Waals surface area contributed by atoms with Crippen LogP contribution in [0.1, 0.15) is 11.1 Å². The molecule has 144 valence electrons. The molecule has 2 aromatic carbocycles. The van der Waals surface area contributed by atoms with Gasteiger partial charge in [-0.25, -0.2) is 9.07 Å². The maximum Gasteiger partial charge on any atom is 0.425 e. The molecule has 0 aliphatic rings. The standard InChI is InChI=1S/C19H12ClF4N3O/c20-16-8-13(18(28,19(22,23)24)12-5-6-25-10-12)7-11-9-26-27(17(11)16)15-3-1-14(21)2-4-15/h1-10,25,28H. The van der Waals surface area contributed by atoms with Crippen molar-refractivity contribution in [1.29, 1.82) is 0 Å². The van der Waals surface area contributed by atoms with Crippen molar-refractivity contribution in [2.45, 2.75) is 11.8 Å². The van der Waals surface area contributed by atoms with E-state index in [1.54, 1.807) is 0 Å². The molecule has 1 atom stereocenters. The fourth-order valence-corrected chi connectivity index (χ4v) is 3.46. The molecule has 0 spiro atoms. The molecule has 0 saturated heterocycles. The van der Waals surface area contributed by atoms with Gasteiger partial charge in [0.15, 0.2) is 0 Å². The summed E-state index contributed by atoms with van der Waals surface area (Å²) in [4.78, 5) is 2.52. The van der Waals surface area contributed by atoms with Crippen LogP contribution in [0.2, 0.25) is 5.02 Å². The highest BCUT2D eigenvalue weighted by atomic mass is 35.5. The van der Waals surface area contributed by atoms with Crippen LogP contribution in [0.5, 0.6) is 0 Å². The maximum absolute atomic E-state index is 13.8. The fourth-order valence-electron chi connectivity index (χ4n) is 3.15. The molecule has 4 nitrogen and oxygen atoms in total. The molecule has 0 bridgehead atoms. The Morgan fingerprint density at radius 2 is 1.75 bits per heavy atom. The number of nitrogens with one attached hydrogen (secondary N) is 1. The molecule has 0 saturated carbocycles. The highest BCUT2D eigenvalue weighted by Gasteiger charge is 2.56. The van der Waals surface area contributed by atoms with Gasteiger partial charge in [0, 0.05) is 23.3 Å². The Balaban J connectivity index is 1.92. The highest BCUT2D eigenvalue weighted by Crippen LogP contribution is 2.45. The number of aromatic nitrogens is 3. The zero-order chi connectivity index (χ0) is 20.1. The molecule has 4 rings (SSSR count). The summed E-state index contributed by atoms with van der Waals surface area (Å²) in [5.74, 6) is -0.435. The molecule has 4 aromatic rings. The quantitative estimate of drug-likeness (QED) is 0.471. The highest BCUT2D eigenvalue weighted by molar-refractivity contribution is 6.35. The van der Waals surface area contributed by atoms with Crippen LogP contribution in [-0.2, 0) is 5.60 Å². The summed E-state index contributed by atoms with van der Waals surface area (Å²) in [6.07, 6.45) is -1.28. The Labute approximate surface area is 161 Å². The summed E-state index contributed by atoms with van der Waals surface area (Å²) in [6.45, 7) is 0. The lowest BCUT2D eigenvalue weighted by Gasteiger charge is -2.30. The zero-order valence-corrected chi connectivity index (χ0v) is 14.8. The molecule has 1 unspecified atom stereocenters. The van der Waals surface area contributed by atoms with Crippen molar-refractivity contribution in [2.75, 3.05) is 0 Å². The number of aliphatic hydroxyl groups is 1. The molecule has 0 aliphatic carbocycles. The molecule has 28 heavy (non-hydrogen) atoms. The molecule has 0 amide bonds. The van der Waals surface area contributed by atoms with E-state index in [1.807, 2.05) is 0 Å². The van der Waals surface area contributed by atoms with E-state index in [0.717, 1.165) is 18.3 Å². The van der Waals surface area contributed by atoms with Gasteiger partial charge in [0.25, 0.3) is 0 Å². The number of halogens is 5. The second-order valence-electron chi connectivity index (χ2n) is 6.24. The molecule has 2 heterocycles. The average molecular weight is 410 g/mol. The van der Waals surface area contributed by atoms with Crippen LogP contribution in [0, 0.1) is 5.82 Å². The number of rotatable bonds is 3. The van der Waals surface area contributed by atoms with E-state index < -0.39 is 23.2 Å². The van der Waals surface area contributed by atoms with Gasteiger partial charge in [0.05, 0.1) is 22.4 Å². The Kier molecular flexibility index (Phi) is 4.20. The summed E-state index contributed by atoms with van der Waals surface area (Å²) in [7, 11) is 0. The van der Waals surface area contributed by atoms with Crippen molar-refractivity contribution in [1.82, 2.24) is 14.8 Å². The van der Waals surface area contributed by atoms with Crippen LogP contribution in [0.3, 0.4) is 0 Å². The van der Waals surface area contributed by atoms with Crippen molar-refractivity contribution in [3.05, 3.63) is 83.0 Å². The first kappa shape index (κ1) is 18.5. The van der Waals surface area contributed by atoms with Crippen LogP contribution in [-0.4, -0.2) is 26.0 Å². The van der Waals surface area contributed by atoms with E-state index in [4.69, 9.17) is 11.6 Å². The Bertz CT molecular complexity index is 1140. The summed E-state index contributed by atoms with van der Waals surface area (Å²) in [5, 5.41) is 15.1. The number of benzene rings is 2. The second-order valence-corrected chi connectivity index (χ2v) is 6.64. The summed E-state index contributed by atoms with van der Waals surface area (Å²) in [5.41, 5.74) is -3.21. The lowest BCUT2D eigenvalue weighted by Crippen LogP contribution is -2.43. The molecule has 2 N–H and O–H groups in total. The molecule has 0 aliphatic heterocycles. The Morgan fingerprint density at radius 1 is 1.04 bits per heavy atom. The van der Waals surface area contributed by atoms with Crippen molar-refractivity contribution >= 4 is 22.5 Å². The first-order valence-corrected chi connectivity index (χ1v) is 8.45. The summed E-state index contributed by atoms with van der Waals surface area (Å²) >= 11 is 6.29. The van der Waals surface area contributed by atoms with E-state index in [1.165, 1.54) is 47.4 Å². The third kappa shape index (κ3) is 2.76. The van der Waals surface area contributed by atoms with Gasteiger partial charge in [-0.15, -0.1) is 0 Å². The lowest BCUT2D eigenvalue weighted by atomic mass is 9.86. The van der Waals surface area contributed by atoms with E-state index in [-0.39, 0.29) is 10.6 Å². The van der Waals surface area contributed by atoms with Crippen LogP contribution < -0.4 is 0 Å². The molecular formula is C19H12ClF4N3O. The number of alkyl halides is 3. The Morgan fingerprint density at radius 3 is 2.36 bits per heavy atom. The van der Waals surface area contributed by atoms with Gasteiger partial charge in [-0.1, -0.05) is 11.6 Å². The van der Waals surface area contributed by atoms with Crippen molar-refractivity contribution in [3.8, 4) is 5.69 Å². The van der Waals surface area contributed by atoms with E-state index in [0.29, 0.717) is 16.6 Å². The maximum atomic E-state index is 13.8. The van der Waals surface area contributed by atoms with Gasteiger partial charge in [-0.05, 0) is 48.0 Å². The van der Waals surface area contributed by atoms with Gasteiger partial charge in [0.1, 0.15) is 5.82 Å². The van der Waals surface area contributed by atoms with Gasteiger partial charge < -0.3 is 10.1 Å². The monoisotopic (exact) mass is 409 g/mol. The first-order chi connectivity index (χ1) is 13.2. The number of hydrogen-bond acceptors (Lipinski definition) is 2. The molecule has 0 radical (unpaired) electrons. The van der Waals surface area contributed by atoms with Crippen LogP contribution in [0.4, 0.5) is 17.6 Å². The summed E-state index contributed by atoms with van der Waals surface area (Å²) in [6, 6.07) is 8.81. The Hall–Kier alpha value is -2.84. The lowest BCUT2D eigenvalue weighted by molar-refractivity contribution is -0.248. The average Bonchev–Trinajstić information content (AvgIpc) is 3.31. The predicted octanol–water partition coefficient (Wildman–Crippen LogP) is 4.94. The number of nitrogens with zero attached hydrogens (tertiary/aromatic N) is 2. The number of hydrogen-bond donors (Lipinski definition) is 2. The van der Waals surface area contributed by atoms with Crippen molar-refractivity contribution in [3.63, 3.8) is 0 Å². The number of fused-ring (bicyclic) bond motifs is 1. The zero-order valence-electron chi connectivity index (χ0n) is 14.0. The molecule has 0 fully saturated rings. The topological polar surface area (TPSA) is 53.8 Å². The minimum atomic E-state index is -4.99. The van der Waals surface area contributed by atoms with Gasteiger partial charge in [0.2, 0.25) is 5.60 Å². The van der Waals surface area contributed by atoms with Crippen LogP contribution in [0.25, 0.3) is 16.6 Å². The van der Waals surface area contributed by atoms with Crippen molar-refractivity contribution in [2.24, 2.45) is 0 Å². The van der Waals surface area contributed by atoms with Crippen LogP contribution in [0.15, 0.2) is 61.1 Å². The summed E-state index contributed by atoms with van der Waals surface area (Å²) < 4.78 is 56.0. The first-order valence-electron chi connectivity index (χ1n) is 8.08. The third-order valence-corrected chi connectivity index (χ3v) is 4.82. The second kappa shape index (κ2) is 6.35.